The number of thioether (sulfide) groups is 1. The number of aliphatic carboxylic acids is 1. The van der Waals surface area contributed by atoms with Crippen LogP contribution in [0.15, 0.2) is 24.3 Å². The topological polar surface area (TPSA) is 56.7 Å². The number of quaternary nitrogens is 1. The number of carbonyl (C=O) groups excluding carboxylic acids is 1. The summed E-state index contributed by atoms with van der Waals surface area (Å²) in [5, 5.41) is 11.5. The molecule has 0 aliphatic carbocycles. The monoisotopic (exact) mass is 277 g/mol. The van der Waals surface area contributed by atoms with Crippen LogP contribution < -0.4 is 10.4 Å². The Labute approximate surface area is 105 Å². The highest BCUT2D eigenvalue weighted by molar-refractivity contribution is 7.99. The predicted octanol–water partition coefficient (Wildman–Crippen LogP) is 0.133. The number of carboxylic acid groups (broad SMARTS) is 1. The van der Waals surface area contributed by atoms with Crippen LogP contribution in [0.1, 0.15) is 16.5 Å². The summed E-state index contributed by atoms with van der Waals surface area (Å²) in [7, 11) is 0. The summed E-state index contributed by atoms with van der Waals surface area (Å²) in [5.74, 6) is -0.992. The van der Waals surface area contributed by atoms with Crippen LogP contribution in [0.4, 0.5) is 13.2 Å². The standard InChI is InChI=1S/C11H10F3NO2S/c12-11(13,14)7-4-2-1-3-6(7)9-15-8(5-18-9)10(16)17/h1-4,8-9,15H,5H2,(H,16,17)/t8-,9+/m1/s1. The minimum absolute atomic E-state index is 0.110. The van der Waals surface area contributed by atoms with Crippen molar-refractivity contribution in [3.8, 4) is 0 Å². The molecule has 0 bridgehead atoms. The first kappa shape index (κ1) is 13.2. The molecule has 0 radical (unpaired) electrons. The van der Waals surface area contributed by atoms with Gasteiger partial charge in [-0.1, -0.05) is 30.0 Å². The lowest BCUT2D eigenvalue weighted by molar-refractivity contribution is -0.690. The molecule has 1 aromatic rings. The number of carboxylic acids is 1. The average Bonchev–Trinajstić information content (AvgIpc) is 2.77. The number of halogens is 3. The molecule has 98 valence electrons. The molecule has 2 N–H and O–H groups in total. The van der Waals surface area contributed by atoms with Crippen LogP contribution in [-0.4, -0.2) is 17.8 Å². The lowest BCUT2D eigenvalue weighted by Crippen LogP contribution is -2.90. The zero-order valence-electron chi connectivity index (χ0n) is 9.11. The third-order valence-corrected chi connectivity index (χ3v) is 4.06. The Morgan fingerprint density at radius 1 is 1.39 bits per heavy atom. The summed E-state index contributed by atoms with van der Waals surface area (Å²) in [6.07, 6.45) is -4.43. The van der Waals surface area contributed by atoms with Crippen molar-refractivity contribution in [3.05, 3.63) is 35.4 Å². The van der Waals surface area contributed by atoms with Crippen LogP contribution >= 0.6 is 11.8 Å². The molecule has 1 saturated heterocycles. The molecular formula is C11H10F3NO2S. The van der Waals surface area contributed by atoms with Crippen LogP contribution in [0.5, 0.6) is 0 Å². The van der Waals surface area contributed by atoms with Gasteiger partial charge in [0.05, 0.1) is 11.3 Å². The first-order valence-electron chi connectivity index (χ1n) is 5.23. The summed E-state index contributed by atoms with van der Waals surface area (Å²) < 4.78 is 38.4. The fourth-order valence-electron chi connectivity index (χ4n) is 1.87. The Bertz CT molecular complexity index is 464. The molecule has 0 unspecified atom stereocenters. The van der Waals surface area contributed by atoms with E-state index in [1.54, 1.807) is 0 Å². The largest absolute Gasteiger partial charge is 0.544 e. The van der Waals surface area contributed by atoms with E-state index < -0.39 is 29.1 Å². The Balaban J connectivity index is 2.27. The van der Waals surface area contributed by atoms with E-state index in [1.807, 2.05) is 0 Å². The summed E-state index contributed by atoms with van der Waals surface area (Å²) in [6, 6.07) is 4.44. The van der Waals surface area contributed by atoms with Crippen molar-refractivity contribution >= 4 is 17.7 Å². The molecule has 3 nitrogen and oxygen atoms in total. The number of nitrogens with two attached hydrogens (primary N) is 1. The molecule has 1 aliphatic rings. The fourth-order valence-corrected chi connectivity index (χ4v) is 3.22. The Kier molecular flexibility index (Phi) is 3.54. The highest BCUT2D eigenvalue weighted by Crippen LogP contribution is 2.37. The van der Waals surface area contributed by atoms with Crippen molar-refractivity contribution in [1.82, 2.24) is 0 Å². The molecule has 0 amide bonds. The second-order valence-electron chi connectivity index (χ2n) is 3.96. The fraction of sp³-hybridized carbons (Fsp3) is 0.364. The van der Waals surface area contributed by atoms with Crippen molar-refractivity contribution in [2.24, 2.45) is 0 Å². The van der Waals surface area contributed by atoms with Crippen LogP contribution in [0, 0.1) is 0 Å². The van der Waals surface area contributed by atoms with Gasteiger partial charge in [-0.15, -0.1) is 0 Å². The minimum atomic E-state index is -4.43. The van der Waals surface area contributed by atoms with Crippen molar-refractivity contribution in [3.63, 3.8) is 0 Å². The van der Waals surface area contributed by atoms with Gasteiger partial charge < -0.3 is 15.2 Å². The smallest absolute Gasteiger partial charge is 0.416 e. The maximum Gasteiger partial charge on any atom is 0.416 e. The van der Waals surface area contributed by atoms with Crippen molar-refractivity contribution < 1.29 is 28.4 Å². The quantitative estimate of drug-likeness (QED) is 0.836. The predicted molar refractivity (Wildman–Crippen MR) is 57.4 cm³/mol. The van der Waals surface area contributed by atoms with Crippen LogP contribution in [0.2, 0.25) is 0 Å². The van der Waals surface area contributed by atoms with E-state index in [1.165, 1.54) is 35.3 Å². The molecule has 1 aliphatic heterocycles. The summed E-state index contributed by atoms with van der Waals surface area (Å²) in [5.41, 5.74) is -0.600. The highest BCUT2D eigenvalue weighted by atomic mass is 32.2. The van der Waals surface area contributed by atoms with Gasteiger partial charge in [0.2, 0.25) is 0 Å². The summed E-state index contributed by atoms with van der Waals surface area (Å²) in [4.78, 5) is 10.7. The zero-order valence-corrected chi connectivity index (χ0v) is 9.92. The molecular weight excluding hydrogens is 267 g/mol. The number of carbonyl (C=O) groups is 1. The molecule has 18 heavy (non-hydrogen) atoms. The normalized spacial score (nSPS) is 24.2. The van der Waals surface area contributed by atoms with Crippen molar-refractivity contribution in [2.45, 2.75) is 17.6 Å². The van der Waals surface area contributed by atoms with Crippen molar-refractivity contribution in [1.29, 1.82) is 0 Å². The molecule has 2 atom stereocenters. The Hall–Kier alpha value is -1.21. The maximum absolute atomic E-state index is 12.8. The first-order valence-corrected chi connectivity index (χ1v) is 6.28. The van der Waals surface area contributed by atoms with Gasteiger partial charge in [0, 0.05) is 5.56 Å². The van der Waals surface area contributed by atoms with E-state index in [2.05, 4.69) is 0 Å². The third-order valence-electron chi connectivity index (χ3n) is 2.74. The van der Waals surface area contributed by atoms with E-state index in [4.69, 9.17) is 0 Å². The van der Waals surface area contributed by atoms with Gasteiger partial charge in [-0.2, -0.15) is 13.2 Å². The second-order valence-corrected chi connectivity index (χ2v) is 5.13. The molecule has 0 saturated carbocycles. The average molecular weight is 277 g/mol. The van der Waals surface area contributed by atoms with E-state index in [0.29, 0.717) is 0 Å². The first-order chi connectivity index (χ1) is 8.39. The van der Waals surface area contributed by atoms with E-state index in [9.17, 15) is 23.1 Å². The van der Waals surface area contributed by atoms with Crippen molar-refractivity contribution in [2.75, 3.05) is 5.75 Å². The summed E-state index contributed by atoms with van der Waals surface area (Å²) in [6.45, 7) is 0. The van der Waals surface area contributed by atoms with E-state index >= 15 is 0 Å². The van der Waals surface area contributed by atoms with Gasteiger partial charge in [0.15, 0.2) is 5.37 Å². The molecule has 1 aromatic carbocycles. The minimum Gasteiger partial charge on any atom is -0.544 e. The number of hydrogen-bond donors (Lipinski definition) is 1. The van der Waals surface area contributed by atoms with Crippen LogP contribution in [0.25, 0.3) is 0 Å². The number of rotatable bonds is 2. The molecule has 1 fully saturated rings. The SMILES string of the molecule is O=C([O-])[C@H]1CS[C@@H](c2ccccc2C(F)(F)F)[NH2+]1. The van der Waals surface area contributed by atoms with Gasteiger partial charge in [-0.05, 0) is 6.07 Å². The molecule has 2 rings (SSSR count). The van der Waals surface area contributed by atoms with Gasteiger partial charge in [-0.25, -0.2) is 0 Å². The van der Waals surface area contributed by atoms with Gasteiger partial charge in [0.1, 0.15) is 12.0 Å². The zero-order chi connectivity index (χ0) is 13.3. The Morgan fingerprint density at radius 3 is 2.61 bits per heavy atom. The van der Waals surface area contributed by atoms with Crippen LogP contribution in [-0.2, 0) is 11.0 Å². The van der Waals surface area contributed by atoms with Gasteiger partial charge in [0.25, 0.3) is 0 Å². The van der Waals surface area contributed by atoms with Crippen LogP contribution in [0.3, 0.4) is 0 Å². The lowest BCUT2D eigenvalue weighted by Gasteiger charge is -2.16. The van der Waals surface area contributed by atoms with E-state index in [0.717, 1.165) is 6.07 Å². The number of hydrogen-bond acceptors (Lipinski definition) is 3. The third kappa shape index (κ3) is 2.62. The molecule has 1 heterocycles. The molecule has 0 spiro atoms. The Morgan fingerprint density at radius 2 is 2.06 bits per heavy atom. The van der Waals surface area contributed by atoms with E-state index in [-0.39, 0.29) is 11.3 Å². The molecule has 7 heteroatoms. The molecule has 0 aromatic heterocycles. The second kappa shape index (κ2) is 4.81. The van der Waals surface area contributed by atoms with Gasteiger partial charge >= 0.3 is 6.18 Å². The highest BCUT2D eigenvalue weighted by Gasteiger charge is 2.39. The lowest BCUT2D eigenvalue weighted by atomic mass is 10.1. The number of alkyl halides is 3. The van der Waals surface area contributed by atoms with Gasteiger partial charge in [-0.3, -0.25) is 0 Å². The summed E-state index contributed by atoms with van der Waals surface area (Å²) >= 11 is 1.19. The number of benzene rings is 1. The maximum atomic E-state index is 12.8.